The van der Waals surface area contributed by atoms with Crippen LogP contribution in [0.2, 0.25) is 0 Å². The van der Waals surface area contributed by atoms with Crippen LogP contribution in [0.15, 0.2) is 12.2 Å². The molecule has 2 atom stereocenters. The zero-order chi connectivity index (χ0) is 7.56. The van der Waals surface area contributed by atoms with E-state index in [9.17, 15) is 0 Å². The van der Waals surface area contributed by atoms with Gasteiger partial charge in [0.15, 0.2) is 0 Å². The zero-order valence-electron chi connectivity index (χ0n) is 5.81. The highest BCUT2D eigenvalue weighted by atomic mass is 35.5. The maximum absolute atomic E-state index is 6.79. The van der Waals surface area contributed by atoms with Gasteiger partial charge >= 0.3 is 0 Å². The Morgan fingerprint density at radius 1 is 1.60 bits per heavy atom. The van der Waals surface area contributed by atoms with Crippen LogP contribution >= 0.6 is 11.6 Å². The maximum Gasteiger partial charge on any atom is 0.227 e. The Hall–Kier alpha value is -0.480. The van der Waals surface area contributed by atoms with Gasteiger partial charge in [-0.3, -0.25) is 0 Å². The summed E-state index contributed by atoms with van der Waals surface area (Å²) in [6.45, 7) is 10.6. The van der Waals surface area contributed by atoms with Crippen molar-refractivity contribution in [3.05, 3.63) is 23.6 Å². The summed E-state index contributed by atoms with van der Waals surface area (Å²) in [5.41, 5.74) is 1.04. The Morgan fingerprint density at radius 2 is 2.30 bits per heavy atom. The summed E-state index contributed by atoms with van der Waals surface area (Å²) < 4.78 is 0. The van der Waals surface area contributed by atoms with Gasteiger partial charge in [-0.2, -0.15) is 0 Å². The van der Waals surface area contributed by atoms with Crippen LogP contribution in [0.1, 0.15) is 19.3 Å². The summed E-state index contributed by atoms with van der Waals surface area (Å²) in [5.74, 6) is 0. The van der Waals surface area contributed by atoms with Gasteiger partial charge in [0.05, 0.1) is 5.38 Å². The van der Waals surface area contributed by atoms with Crippen molar-refractivity contribution < 1.29 is 0 Å². The molecule has 1 aliphatic carbocycles. The van der Waals surface area contributed by atoms with Crippen LogP contribution < -0.4 is 0 Å². The van der Waals surface area contributed by atoms with Gasteiger partial charge < -0.3 is 4.85 Å². The molecular weight excluding hydrogens is 146 g/mol. The predicted molar refractivity (Wildman–Crippen MR) is 43.0 cm³/mol. The average molecular weight is 156 g/mol. The Balaban J connectivity index is 2.50. The van der Waals surface area contributed by atoms with Crippen molar-refractivity contribution in [2.45, 2.75) is 30.7 Å². The first-order chi connectivity index (χ1) is 4.74. The first kappa shape index (κ1) is 7.63. The van der Waals surface area contributed by atoms with E-state index >= 15 is 0 Å². The Labute approximate surface area is 66.5 Å². The number of rotatable bonds is 0. The molecule has 0 aliphatic heterocycles. The van der Waals surface area contributed by atoms with E-state index in [2.05, 4.69) is 11.4 Å². The molecule has 1 rings (SSSR count). The fourth-order valence-corrected chi connectivity index (χ4v) is 1.40. The van der Waals surface area contributed by atoms with E-state index in [4.69, 9.17) is 18.2 Å². The summed E-state index contributed by atoms with van der Waals surface area (Å²) in [6.07, 6.45) is 2.67. The highest BCUT2D eigenvalue weighted by molar-refractivity contribution is 6.22. The molecule has 2 unspecified atom stereocenters. The summed E-state index contributed by atoms with van der Waals surface area (Å²) in [5, 5.41) is 0.123. The van der Waals surface area contributed by atoms with Crippen LogP contribution in [0.4, 0.5) is 0 Å². The molecule has 1 nitrogen and oxygen atoms in total. The van der Waals surface area contributed by atoms with E-state index in [0.717, 1.165) is 24.8 Å². The predicted octanol–water partition coefficient (Wildman–Crippen LogP) is 2.62. The van der Waals surface area contributed by atoms with Gasteiger partial charge in [-0.1, -0.05) is 12.2 Å². The number of alkyl halides is 1. The molecule has 1 saturated carbocycles. The van der Waals surface area contributed by atoms with Crippen LogP contribution in [0, 0.1) is 6.57 Å². The molecule has 0 aromatic carbocycles. The third-order valence-electron chi connectivity index (χ3n) is 1.88. The lowest BCUT2D eigenvalue weighted by molar-refractivity contribution is 0.574. The van der Waals surface area contributed by atoms with Gasteiger partial charge in [0, 0.05) is 12.8 Å². The van der Waals surface area contributed by atoms with Crippen LogP contribution in [-0.2, 0) is 0 Å². The van der Waals surface area contributed by atoms with Crippen molar-refractivity contribution in [1.29, 1.82) is 0 Å². The molecule has 0 amide bonds. The Bertz CT molecular complexity index is 180. The SMILES string of the molecule is [C-]#[N+]C1CCC(Cl)C(=C)C1. The first-order valence-corrected chi connectivity index (χ1v) is 3.86. The third-order valence-corrected chi connectivity index (χ3v) is 2.40. The molecular formula is C8H10ClN. The molecule has 10 heavy (non-hydrogen) atoms. The fraction of sp³-hybridized carbons (Fsp3) is 0.625. The summed E-state index contributed by atoms with van der Waals surface area (Å²) >= 11 is 5.89. The normalized spacial score (nSPS) is 33.4. The van der Waals surface area contributed by atoms with Crippen molar-refractivity contribution in [3.63, 3.8) is 0 Å². The number of nitrogens with zero attached hydrogens (tertiary/aromatic N) is 1. The fourth-order valence-electron chi connectivity index (χ4n) is 1.19. The number of halogens is 1. The molecule has 54 valence electrons. The second-order valence-electron chi connectivity index (χ2n) is 2.69. The smallest absolute Gasteiger partial charge is 0.227 e. The quantitative estimate of drug-likeness (QED) is 0.288. The molecule has 0 heterocycles. The minimum Gasteiger partial charge on any atom is -0.313 e. The molecule has 1 fully saturated rings. The van der Waals surface area contributed by atoms with E-state index in [1.54, 1.807) is 0 Å². The standard InChI is InChI=1S/C8H10ClN/c1-6-5-7(10-2)3-4-8(6)9/h7-8H,1,3-5H2. The molecule has 0 bridgehead atoms. The van der Waals surface area contributed by atoms with Crippen molar-refractivity contribution >= 4 is 11.6 Å². The van der Waals surface area contributed by atoms with E-state index in [1.165, 1.54) is 0 Å². The second-order valence-corrected chi connectivity index (χ2v) is 3.22. The molecule has 0 spiro atoms. The maximum atomic E-state index is 6.79. The van der Waals surface area contributed by atoms with Crippen molar-refractivity contribution in [2.24, 2.45) is 0 Å². The second kappa shape index (κ2) is 3.07. The van der Waals surface area contributed by atoms with Gasteiger partial charge in [0.2, 0.25) is 6.04 Å². The lowest BCUT2D eigenvalue weighted by Crippen LogP contribution is -2.17. The van der Waals surface area contributed by atoms with Crippen LogP contribution in [0.5, 0.6) is 0 Å². The van der Waals surface area contributed by atoms with Gasteiger partial charge in [0.1, 0.15) is 0 Å². The molecule has 0 aromatic rings. The highest BCUT2D eigenvalue weighted by Crippen LogP contribution is 2.28. The number of hydrogen-bond acceptors (Lipinski definition) is 0. The Kier molecular flexibility index (Phi) is 2.34. The summed E-state index contributed by atoms with van der Waals surface area (Å²) in [4.78, 5) is 3.46. The topological polar surface area (TPSA) is 4.36 Å². The van der Waals surface area contributed by atoms with Crippen molar-refractivity contribution in [1.82, 2.24) is 0 Å². The summed E-state index contributed by atoms with van der Waals surface area (Å²) in [6, 6.07) is 0.155. The molecule has 1 aliphatic rings. The van der Waals surface area contributed by atoms with E-state index in [1.807, 2.05) is 0 Å². The molecule has 2 heteroatoms. The third kappa shape index (κ3) is 1.52. The minimum absolute atomic E-state index is 0.123. The van der Waals surface area contributed by atoms with Gasteiger partial charge in [-0.15, -0.1) is 11.6 Å². The molecule has 0 saturated heterocycles. The molecule has 0 radical (unpaired) electrons. The van der Waals surface area contributed by atoms with E-state index in [-0.39, 0.29) is 11.4 Å². The van der Waals surface area contributed by atoms with Crippen molar-refractivity contribution in [2.75, 3.05) is 0 Å². The molecule has 0 aromatic heterocycles. The lowest BCUT2D eigenvalue weighted by atomic mass is 9.92. The first-order valence-electron chi connectivity index (χ1n) is 3.42. The lowest BCUT2D eigenvalue weighted by Gasteiger charge is -2.19. The van der Waals surface area contributed by atoms with Crippen LogP contribution in [0.3, 0.4) is 0 Å². The zero-order valence-corrected chi connectivity index (χ0v) is 6.56. The minimum atomic E-state index is 0.123. The van der Waals surface area contributed by atoms with Gasteiger partial charge in [-0.05, 0) is 6.42 Å². The van der Waals surface area contributed by atoms with E-state index < -0.39 is 0 Å². The highest BCUT2D eigenvalue weighted by Gasteiger charge is 2.25. The monoisotopic (exact) mass is 155 g/mol. The van der Waals surface area contributed by atoms with Crippen LogP contribution in [-0.4, -0.2) is 11.4 Å². The number of hydrogen-bond donors (Lipinski definition) is 0. The summed E-state index contributed by atoms with van der Waals surface area (Å²) in [7, 11) is 0. The largest absolute Gasteiger partial charge is 0.313 e. The van der Waals surface area contributed by atoms with Crippen LogP contribution in [0.25, 0.3) is 4.85 Å². The van der Waals surface area contributed by atoms with E-state index in [0.29, 0.717) is 0 Å². The average Bonchev–Trinajstić information content (AvgIpc) is 1.95. The van der Waals surface area contributed by atoms with Gasteiger partial charge in [-0.25, -0.2) is 6.57 Å². The van der Waals surface area contributed by atoms with Crippen molar-refractivity contribution in [3.8, 4) is 0 Å². The Morgan fingerprint density at radius 3 is 2.80 bits per heavy atom. The molecule has 0 N–H and O–H groups in total. The van der Waals surface area contributed by atoms with Gasteiger partial charge in [0.25, 0.3) is 0 Å².